The fourth-order valence-electron chi connectivity index (χ4n) is 3.22. The van der Waals surface area contributed by atoms with Crippen LogP contribution in [0, 0.1) is 0 Å². The monoisotopic (exact) mass is 404 g/mol. The summed E-state index contributed by atoms with van der Waals surface area (Å²) in [5, 5.41) is 11.3. The molecular weight excluding hydrogens is 384 g/mol. The van der Waals surface area contributed by atoms with Crippen LogP contribution in [-0.2, 0) is 19.9 Å². The van der Waals surface area contributed by atoms with E-state index < -0.39 is 17.7 Å². The van der Waals surface area contributed by atoms with Gasteiger partial charge in [0, 0.05) is 17.3 Å². The van der Waals surface area contributed by atoms with Crippen LogP contribution in [0.3, 0.4) is 0 Å². The lowest BCUT2D eigenvalue weighted by atomic mass is 9.79. The number of hydrogen-bond acceptors (Lipinski definition) is 4. The lowest BCUT2D eigenvalue weighted by Crippen LogP contribution is -2.44. The molecule has 0 saturated carbocycles. The van der Waals surface area contributed by atoms with Crippen molar-refractivity contribution in [2.75, 3.05) is 6.61 Å². The van der Waals surface area contributed by atoms with Crippen LogP contribution in [-0.4, -0.2) is 23.8 Å². The highest BCUT2D eigenvalue weighted by Crippen LogP contribution is 2.43. The number of benzene rings is 2. The van der Waals surface area contributed by atoms with E-state index in [1.165, 1.54) is 0 Å². The van der Waals surface area contributed by atoms with E-state index in [2.05, 4.69) is 15.9 Å². The Morgan fingerprint density at radius 1 is 1.20 bits per heavy atom. The zero-order chi connectivity index (χ0) is 17.9. The number of carbonyl (C=O) groups excluding carboxylic acids is 1. The minimum atomic E-state index is -1.14. The second-order valence-corrected chi connectivity index (χ2v) is 7.14. The first-order valence-electron chi connectivity index (χ1n) is 8.37. The van der Waals surface area contributed by atoms with E-state index in [1.54, 1.807) is 6.92 Å². The predicted octanol–water partition coefficient (Wildman–Crippen LogP) is 4.12. The first kappa shape index (κ1) is 18.1. The summed E-state index contributed by atoms with van der Waals surface area (Å²) in [6, 6.07) is 17.2. The Kier molecular flexibility index (Phi) is 5.57. The molecular formula is C20H21BrO4. The van der Waals surface area contributed by atoms with Gasteiger partial charge in [0.1, 0.15) is 0 Å². The van der Waals surface area contributed by atoms with Gasteiger partial charge in [-0.3, -0.25) is 0 Å². The molecule has 0 aliphatic carbocycles. The summed E-state index contributed by atoms with van der Waals surface area (Å²) < 4.78 is 12.1. The SMILES string of the molecule is CCOC(=O)[C@@H]1C[C@](O)(c2ccccc2)C[C@H](c2ccc(Br)cc2)O1. The van der Waals surface area contributed by atoms with Gasteiger partial charge < -0.3 is 14.6 Å². The maximum Gasteiger partial charge on any atom is 0.335 e. The third-order valence-corrected chi connectivity index (χ3v) is 5.01. The van der Waals surface area contributed by atoms with E-state index in [0.717, 1.165) is 15.6 Å². The number of carbonyl (C=O) groups is 1. The fraction of sp³-hybridized carbons (Fsp3) is 0.350. The van der Waals surface area contributed by atoms with Gasteiger partial charge in [-0.25, -0.2) is 4.79 Å². The van der Waals surface area contributed by atoms with Crippen LogP contribution in [0.1, 0.15) is 37.0 Å². The van der Waals surface area contributed by atoms with E-state index >= 15 is 0 Å². The fourth-order valence-corrected chi connectivity index (χ4v) is 3.49. The Labute approximate surface area is 155 Å². The van der Waals surface area contributed by atoms with Gasteiger partial charge >= 0.3 is 5.97 Å². The van der Waals surface area contributed by atoms with Crippen molar-refractivity contribution in [3.05, 3.63) is 70.2 Å². The van der Waals surface area contributed by atoms with Crippen molar-refractivity contribution in [1.29, 1.82) is 0 Å². The van der Waals surface area contributed by atoms with Gasteiger partial charge in [-0.2, -0.15) is 0 Å². The van der Waals surface area contributed by atoms with E-state index in [-0.39, 0.29) is 19.1 Å². The van der Waals surface area contributed by atoms with Gasteiger partial charge in [0.05, 0.1) is 18.3 Å². The smallest absolute Gasteiger partial charge is 0.335 e. The standard InChI is InChI=1S/C20H21BrO4/c1-2-24-19(22)18-13-20(23,15-6-4-3-5-7-15)12-17(25-18)14-8-10-16(21)11-9-14/h3-11,17-18,23H,2,12-13H2,1H3/t17-,18+,20+/m1/s1. The first-order chi connectivity index (χ1) is 12.0. The molecule has 3 atom stereocenters. The lowest BCUT2D eigenvalue weighted by molar-refractivity contribution is -0.187. The second-order valence-electron chi connectivity index (χ2n) is 6.22. The molecule has 0 amide bonds. The Bertz CT molecular complexity index is 716. The second kappa shape index (κ2) is 7.68. The molecule has 4 nitrogen and oxygen atoms in total. The van der Waals surface area contributed by atoms with Crippen LogP contribution in [0.25, 0.3) is 0 Å². The van der Waals surface area contributed by atoms with Crippen LogP contribution in [0.4, 0.5) is 0 Å². The van der Waals surface area contributed by atoms with Crippen molar-refractivity contribution in [2.45, 2.75) is 37.6 Å². The van der Waals surface area contributed by atoms with Gasteiger partial charge in [-0.05, 0) is 30.2 Å². The molecule has 25 heavy (non-hydrogen) atoms. The number of halogens is 1. The van der Waals surface area contributed by atoms with Gasteiger partial charge in [0.15, 0.2) is 6.10 Å². The molecule has 2 aromatic rings. The summed E-state index contributed by atoms with van der Waals surface area (Å²) in [6.07, 6.45) is -0.619. The Balaban J connectivity index is 1.93. The summed E-state index contributed by atoms with van der Waals surface area (Å²) in [4.78, 5) is 12.3. The summed E-state index contributed by atoms with van der Waals surface area (Å²) in [5.74, 6) is -0.432. The molecule has 2 aromatic carbocycles. The van der Waals surface area contributed by atoms with Crippen molar-refractivity contribution in [3.8, 4) is 0 Å². The topological polar surface area (TPSA) is 55.8 Å². The quantitative estimate of drug-likeness (QED) is 0.778. The zero-order valence-corrected chi connectivity index (χ0v) is 15.6. The van der Waals surface area contributed by atoms with Crippen LogP contribution in [0.5, 0.6) is 0 Å². The molecule has 0 aromatic heterocycles. The van der Waals surface area contributed by atoms with Crippen LogP contribution in [0.15, 0.2) is 59.1 Å². The molecule has 1 heterocycles. The van der Waals surface area contributed by atoms with Crippen molar-refractivity contribution < 1.29 is 19.4 Å². The molecule has 1 N–H and O–H groups in total. The molecule has 132 valence electrons. The maximum atomic E-state index is 12.3. The van der Waals surface area contributed by atoms with Gasteiger partial charge in [-0.15, -0.1) is 0 Å². The molecule has 0 radical (unpaired) electrons. The normalized spacial score (nSPS) is 26.2. The molecule has 0 spiro atoms. The largest absolute Gasteiger partial charge is 0.464 e. The molecule has 5 heteroatoms. The summed E-state index contributed by atoms with van der Waals surface area (Å²) in [7, 11) is 0. The number of rotatable bonds is 4. The highest BCUT2D eigenvalue weighted by Gasteiger charge is 2.44. The number of hydrogen-bond donors (Lipinski definition) is 1. The maximum absolute atomic E-state index is 12.3. The molecule has 1 aliphatic heterocycles. The van der Waals surface area contributed by atoms with Crippen LogP contribution in [0.2, 0.25) is 0 Å². The third kappa shape index (κ3) is 4.11. The van der Waals surface area contributed by atoms with E-state index in [9.17, 15) is 9.90 Å². The molecule has 1 fully saturated rings. The molecule has 1 aliphatic rings. The summed E-state index contributed by atoms with van der Waals surface area (Å²) in [6.45, 7) is 2.04. The van der Waals surface area contributed by atoms with Crippen LogP contribution >= 0.6 is 15.9 Å². The average Bonchev–Trinajstić information content (AvgIpc) is 2.63. The Hall–Kier alpha value is -1.69. The summed E-state index contributed by atoms with van der Waals surface area (Å²) in [5.41, 5.74) is 0.565. The zero-order valence-electron chi connectivity index (χ0n) is 14.0. The highest BCUT2D eigenvalue weighted by atomic mass is 79.9. The minimum Gasteiger partial charge on any atom is -0.464 e. The van der Waals surface area contributed by atoms with Gasteiger partial charge in [-0.1, -0.05) is 58.4 Å². The van der Waals surface area contributed by atoms with E-state index in [0.29, 0.717) is 6.42 Å². The van der Waals surface area contributed by atoms with Gasteiger partial charge in [0.25, 0.3) is 0 Å². The molecule has 0 unspecified atom stereocenters. The number of aliphatic hydroxyl groups is 1. The third-order valence-electron chi connectivity index (χ3n) is 4.48. The van der Waals surface area contributed by atoms with E-state index in [1.807, 2.05) is 54.6 Å². The lowest BCUT2D eigenvalue weighted by Gasteiger charge is -2.41. The average molecular weight is 405 g/mol. The summed E-state index contributed by atoms with van der Waals surface area (Å²) >= 11 is 3.42. The van der Waals surface area contributed by atoms with Crippen molar-refractivity contribution in [2.24, 2.45) is 0 Å². The predicted molar refractivity (Wildman–Crippen MR) is 98.0 cm³/mol. The first-order valence-corrected chi connectivity index (χ1v) is 9.16. The number of esters is 1. The molecule has 1 saturated heterocycles. The minimum absolute atomic E-state index is 0.183. The van der Waals surface area contributed by atoms with E-state index in [4.69, 9.17) is 9.47 Å². The molecule has 0 bridgehead atoms. The Morgan fingerprint density at radius 3 is 2.52 bits per heavy atom. The Morgan fingerprint density at radius 2 is 1.88 bits per heavy atom. The highest BCUT2D eigenvalue weighted by molar-refractivity contribution is 9.10. The molecule has 3 rings (SSSR count). The van der Waals surface area contributed by atoms with Crippen molar-refractivity contribution in [3.63, 3.8) is 0 Å². The van der Waals surface area contributed by atoms with Crippen molar-refractivity contribution >= 4 is 21.9 Å². The van der Waals surface area contributed by atoms with Crippen molar-refractivity contribution in [1.82, 2.24) is 0 Å². The van der Waals surface area contributed by atoms with Gasteiger partial charge in [0.2, 0.25) is 0 Å². The number of ether oxygens (including phenoxy) is 2. The van der Waals surface area contributed by atoms with Crippen LogP contribution < -0.4 is 0 Å².